The van der Waals surface area contributed by atoms with E-state index in [1.807, 2.05) is 0 Å². The van der Waals surface area contributed by atoms with Crippen LogP contribution in [-0.2, 0) is 24.7 Å². The number of carbonyl (C=O) groups is 4. The molecule has 0 radical (unpaired) electrons. The van der Waals surface area contributed by atoms with E-state index in [2.05, 4.69) is 10.2 Å². The molecule has 0 spiro atoms. The van der Waals surface area contributed by atoms with Crippen molar-refractivity contribution in [3.8, 4) is 0 Å². The fourth-order valence-corrected chi connectivity index (χ4v) is 3.37. The molecule has 0 bridgehead atoms. The largest absolute Gasteiger partial charge is 0.467 e. The lowest BCUT2D eigenvalue weighted by molar-refractivity contribution is -0.217. The summed E-state index contributed by atoms with van der Waals surface area (Å²) in [6.07, 6.45) is -5.20. The van der Waals surface area contributed by atoms with Crippen LogP contribution in [0.3, 0.4) is 0 Å². The van der Waals surface area contributed by atoms with Crippen molar-refractivity contribution in [1.82, 2.24) is 15.8 Å². The first-order valence-corrected chi connectivity index (χ1v) is 10.1. The number of amides is 3. The summed E-state index contributed by atoms with van der Waals surface area (Å²) in [5.74, 6) is -4.63. The molecule has 8 nitrogen and oxygen atoms in total. The van der Waals surface area contributed by atoms with Crippen LogP contribution < -0.4 is 10.7 Å². The third kappa shape index (κ3) is 5.36. The second kappa shape index (κ2) is 10.8. The minimum atomic E-state index is -5.31. The highest BCUT2D eigenvalue weighted by atomic mass is 19.4. The van der Waals surface area contributed by atoms with Gasteiger partial charge < -0.3 is 10.1 Å². The summed E-state index contributed by atoms with van der Waals surface area (Å²) < 4.78 is 47.5. The van der Waals surface area contributed by atoms with E-state index in [0.717, 1.165) is 19.2 Å². The number of rotatable bonds is 9. The highest BCUT2D eigenvalue weighted by Gasteiger charge is 2.64. The zero-order valence-corrected chi connectivity index (χ0v) is 18.6. The van der Waals surface area contributed by atoms with Crippen LogP contribution in [-0.4, -0.2) is 48.5 Å². The van der Waals surface area contributed by atoms with Gasteiger partial charge >= 0.3 is 12.1 Å². The summed E-state index contributed by atoms with van der Waals surface area (Å²) in [4.78, 5) is 49.9. The van der Waals surface area contributed by atoms with Crippen molar-refractivity contribution in [1.29, 1.82) is 0 Å². The van der Waals surface area contributed by atoms with Crippen LogP contribution in [0.25, 0.3) is 0 Å². The summed E-state index contributed by atoms with van der Waals surface area (Å²) in [5, 5.41) is 2.32. The highest BCUT2D eigenvalue weighted by Crippen LogP contribution is 2.40. The van der Waals surface area contributed by atoms with Crippen molar-refractivity contribution >= 4 is 24.2 Å². The maximum atomic E-state index is 14.4. The molecule has 0 saturated carbocycles. The number of hydrogen-bond acceptors (Lipinski definition) is 5. The van der Waals surface area contributed by atoms with Gasteiger partial charge in [-0.25, -0.2) is 9.80 Å². The van der Waals surface area contributed by atoms with E-state index >= 15 is 0 Å². The molecular weight excluding hydrogens is 455 g/mol. The smallest absolute Gasteiger partial charge is 0.426 e. The lowest BCUT2D eigenvalue weighted by atomic mass is 9.87. The molecule has 2 atom stereocenters. The summed E-state index contributed by atoms with van der Waals surface area (Å²) in [7, 11) is 0.760. The van der Waals surface area contributed by atoms with Crippen LogP contribution in [0, 0.1) is 5.92 Å². The molecule has 34 heavy (non-hydrogen) atoms. The second-order valence-electron chi connectivity index (χ2n) is 7.60. The number of alkyl halides is 3. The van der Waals surface area contributed by atoms with Crippen molar-refractivity contribution in [3.05, 3.63) is 71.8 Å². The molecule has 0 fully saturated rings. The van der Waals surface area contributed by atoms with Crippen LogP contribution in [0.4, 0.5) is 13.2 Å². The summed E-state index contributed by atoms with van der Waals surface area (Å²) in [5.41, 5.74) is -1.76. The molecule has 182 valence electrons. The Morgan fingerprint density at radius 2 is 1.50 bits per heavy atom. The van der Waals surface area contributed by atoms with E-state index in [1.165, 1.54) is 44.2 Å². The number of nitrogens with zero attached hydrogens (tertiary/aromatic N) is 1. The zero-order chi connectivity index (χ0) is 25.5. The molecule has 0 heterocycles. The van der Waals surface area contributed by atoms with E-state index in [1.54, 1.807) is 23.5 Å². The predicted molar refractivity (Wildman–Crippen MR) is 115 cm³/mol. The Labute approximate surface area is 194 Å². The maximum absolute atomic E-state index is 14.4. The third-order valence-corrected chi connectivity index (χ3v) is 5.01. The molecule has 2 rings (SSSR count). The van der Waals surface area contributed by atoms with Gasteiger partial charge in [0.15, 0.2) is 0 Å². The first-order valence-electron chi connectivity index (χ1n) is 10.1. The van der Waals surface area contributed by atoms with E-state index in [-0.39, 0.29) is 12.0 Å². The van der Waals surface area contributed by atoms with E-state index in [4.69, 9.17) is 0 Å². The molecule has 0 aliphatic rings. The van der Waals surface area contributed by atoms with Gasteiger partial charge in [-0.15, -0.1) is 0 Å². The maximum Gasteiger partial charge on any atom is 0.426 e. The Hall–Kier alpha value is -3.89. The number of carbonyl (C=O) groups excluding carboxylic acids is 4. The Morgan fingerprint density at radius 3 is 1.94 bits per heavy atom. The van der Waals surface area contributed by atoms with Crippen LogP contribution in [0.15, 0.2) is 60.7 Å². The average Bonchev–Trinajstić information content (AvgIpc) is 2.81. The van der Waals surface area contributed by atoms with E-state index in [0.29, 0.717) is 5.01 Å². The van der Waals surface area contributed by atoms with Crippen LogP contribution >= 0.6 is 0 Å². The number of hydrogen-bond donors (Lipinski definition) is 2. The number of benzene rings is 2. The van der Waals surface area contributed by atoms with Crippen molar-refractivity contribution in [2.75, 3.05) is 7.11 Å². The van der Waals surface area contributed by atoms with Gasteiger partial charge in [-0.3, -0.25) is 19.8 Å². The van der Waals surface area contributed by atoms with Crippen molar-refractivity contribution in [3.63, 3.8) is 0 Å². The highest BCUT2D eigenvalue weighted by molar-refractivity contribution is 5.96. The van der Waals surface area contributed by atoms with Gasteiger partial charge in [0.1, 0.15) is 6.04 Å². The van der Waals surface area contributed by atoms with Gasteiger partial charge in [-0.1, -0.05) is 62.4 Å². The van der Waals surface area contributed by atoms with Gasteiger partial charge in [0.2, 0.25) is 12.3 Å². The lowest BCUT2D eigenvalue weighted by Crippen LogP contribution is -2.66. The summed E-state index contributed by atoms with van der Waals surface area (Å²) >= 11 is 0. The van der Waals surface area contributed by atoms with Gasteiger partial charge in [0.05, 0.1) is 7.11 Å². The molecule has 0 aliphatic heterocycles. The van der Waals surface area contributed by atoms with E-state index < -0.39 is 47.0 Å². The topological polar surface area (TPSA) is 105 Å². The van der Waals surface area contributed by atoms with Crippen molar-refractivity contribution in [2.24, 2.45) is 5.92 Å². The van der Waals surface area contributed by atoms with Gasteiger partial charge in [0, 0.05) is 5.56 Å². The second-order valence-corrected chi connectivity index (χ2v) is 7.60. The Bertz CT molecular complexity index is 1020. The number of ether oxygens (including phenoxy) is 1. The number of hydrazine groups is 1. The Morgan fingerprint density at radius 1 is 0.971 bits per heavy atom. The molecule has 2 N–H and O–H groups in total. The molecule has 3 amide bonds. The summed E-state index contributed by atoms with van der Waals surface area (Å²) in [6, 6.07) is 12.1. The fraction of sp³-hybridized carbons (Fsp3) is 0.304. The van der Waals surface area contributed by atoms with E-state index in [9.17, 15) is 32.3 Å². The fourth-order valence-electron chi connectivity index (χ4n) is 3.37. The average molecular weight is 479 g/mol. The molecule has 2 aromatic carbocycles. The van der Waals surface area contributed by atoms with Crippen molar-refractivity contribution < 1.29 is 37.1 Å². The summed E-state index contributed by atoms with van der Waals surface area (Å²) in [6.45, 7) is 2.93. The molecule has 2 unspecified atom stereocenters. The predicted octanol–water partition coefficient (Wildman–Crippen LogP) is 2.56. The minimum absolute atomic E-state index is 0.112. The molecule has 11 heteroatoms. The normalized spacial score (nSPS) is 13.9. The molecule has 0 saturated heterocycles. The lowest BCUT2D eigenvalue weighted by Gasteiger charge is -2.37. The van der Waals surface area contributed by atoms with Crippen LogP contribution in [0.5, 0.6) is 0 Å². The Balaban J connectivity index is 2.48. The number of methoxy groups -OCH3 is 1. The number of halogens is 3. The molecular formula is C23H24F3N3O5. The third-order valence-electron chi connectivity index (χ3n) is 5.01. The SMILES string of the molecule is COC(=O)C(NC(=O)C(C(C)C)N(C=O)NC(=O)c1ccccc1)(c1ccccc1)C(F)(F)F. The number of nitrogens with one attached hydrogen (secondary N) is 2. The van der Waals surface area contributed by atoms with Gasteiger partial charge in [0.25, 0.3) is 11.4 Å². The van der Waals surface area contributed by atoms with Gasteiger partial charge in [-0.05, 0) is 23.6 Å². The first kappa shape index (κ1) is 26.4. The zero-order valence-electron chi connectivity index (χ0n) is 18.6. The minimum Gasteiger partial charge on any atom is -0.467 e. The van der Waals surface area contributed by atoms with Crippen molar-refractivity contribution in [2.45, 2.75) is 31.6 Å². The quantitative estimate of drug-likeness (QED) is 0.327. The molecule has 2 aromatic rings. The number of esters is 1. The first-order chi connectivity index (χ1) is 16.0. The molecule has 0 aromatic heterocycles. The molecule has 0 aliphatic carbocycles. The Kier molecular flexibility index (Phi) is 8.39. The monoisotopic (exact) mass is 479 g/mol. The van der Waals surface area contributed by atoms with Crippen LogP contribution in [0.1, 0.15) is 29.8 Å². The standard InChI is InChI=1S/C23H24F3N3O5/c1-15(2)18(29(14-30)28-19(31)16-10-6-4-7-11-16)20(32)27-22(21(33)34-3,23(24,25)26)17-12-8-5-9-13-17/h4-15,18H,1-3H3,(H,27,32)(H,28,31). The van der Waals surface area contributed by atoms with Gasteiger partial charge in [-0.2, -0.15) is 13.2 Å². The van der Waals surface area contributed by atoms with Crippen LogP contribution in [0.2, 0.25) is 0 Å².